The highest BCUT2D eigenvalue weighted by atomic mass is 35.5. The predicted molar refractivity (Wildman–Crippen MR) is 80.5 cm³/mol. The molecule has 2 N–H and O–H groups in total. The summed E-state index contributed by atoms with van der Waals surface area (Å²) in [4.78, 5) is 13.6. The van der Waals surface area contributed by atoms with E-state index in [2.05, 4.69) is 0 Å². The molecule has 0 heterocycles. The first-order chi connectivity index (χ1) is 9.04. The Morgan fingerprint density at radius 2 is 1.95 bits per heavy atom. The van der Waals surface area contributed by atoms with E-state index >= 15 is 0 Å². The lowest BCUT2D eigenvalue weighted by Crippen LogP contribution is -2.25. The fourth-order valence-corrected chi connectivity index (χ4v) is 2.11. The van der Waals surface area contributed by atoms with Crippen LogP contribution in [0.2, 0.25) is 10.0 Å². The van der Waals surface area contributed by atoms with Crippen molar-refractivity contribution < 1.29 is 4.79 Å². The summed E-state index contributed by atoms with van der Waals surface area (Å²) in [6, 6.07) is 5.42. The van der Waals surface area contributed by atoms with E-state index in [-0.39, 0.29) is 5.91 Å². The summed E-state index contributed by atoms with van der Waals surface area (Å²) in [5.74, 6) is 0.142. The molecule has 0 spiro atoms. The second-order valence-corrected chi connectivity index (χ2v) is 5.41. The van der Waals surface area contributed by atoms with Crippen LogP contribution in [0, 0.1) is 0 Å². The zero-order valence-electron chi connectivity index (χ0n) is 11.2. The largest absolute Gasteiger partial charge is 0.341 e. The smallest absolute Gasteiger partial charge is 0.222 e. The van der Waals surface area contributed by atoms with Gasteiger partial charge in [0, 0.05) is 20.0 Å². The molecule has 0 aliphatic heterocycles. The van der Waals surface area contributed by atoms with Gasteiger partial charge >= 0.3 is 0 Å². The van der Waals surface area contributed by atoms with Crippen LogP contribution >= 0.6 is 23.2 Å². The normalized spacial score (nSPS) is 10.5. The summed E-state index contributed by atoms with van der Waals surface area (Å²) in [6.45, 7) is 1.24. The van der Waals surface area contributed by atoms with Gasteiger partial charge in [-0.05, 0) is 37.1 Å². The van der Waals surface area contributed by atoms with Gasteiger partial charge in [-0.25, -0.2) is 0 Å². The number of carbonyl (C=O) groups is 1. The summed E-state index contributed by atoms with van der Waals surface area (Å²) in [7, 11) is 1.80. The molecule has 1 amide bonds. The Morgan fingerprint density at radius 3 is 2.58 bits per heavy atom. The van der Waals surface area contributed by atoms with Crippen molar-refractivity contribution in [1.82, 2.24) is 4.90 Å². The van der Waals surface area contributed by atoms with Gasteiger partial charge in [-0.15, -0.1) is 0 Å². The van der Waals surface area contributed by atoms with E-state index in [1.807, 2.05) is 6.07 Å². The van der Waals surface area contributed by atoms with Crippen LogP contribution in [0.3, 0.4) is 0 Å². The van der Waals surface area contributed by atoms with E-state index in [0.29, 0.717) is 29.6 Å². The molecule has 1 rings (SSSR count). The maximum Gasteiger partial charge on any atom is 0.222 e. The highest BCUT2D eigenvalue weighted by molar-refractivity contribution is 6.42. The average Bonchev–Trinajstić information content (AvgIpc) is 2.38. The number of amides is 1. The SMILES string of the molecule is CN(Cc1ccc(Cl)c(Cl)c1)C(=O)CCCCCN. The molecular formula is C14H20Cl2N2O. The molecule has 0 aliphatic carbocycles. The minimum atomic E-state index is 0.142. The fourth-order valence-electron chi connectivity index (χ4n) is 1.79. The topological polar surface area (TPSA) is 46.3 Å². The van der Waals surface area contributed by atoms with E-state index in [1.54, 1.807) is 24.1 Å². The minimum Gasteiger partial charge on any atom is -0.341 e. The molecule has 5 heteroatoms. The lowest BCUT2D eigenvalue weighted by atomic mass is 10.1. The first-order valence-corrected chi connectivity index (χ1v) is 7.18. The number of nitrogens with zero attached hydrogens (tertiary/aromatic N) is 1. The molecule has 3 nitrogen and oxygen atoms in total. The van der Waals surface area contributed by atoms with Crippen molar-refractivity contribution in [2.75, 3.05) is 13.6 Å². The van der Waals surface area contributed by atoms with E-state index in [9.17, 15) is 4.79 Å². The van der Waals surface area contributed by atoms with Crippen LogP contribution in [-0.4, -0.2) is 24.4 Å². The van der Waals surface area contributed by atoms with Crippen LogP contribution in [0.1, 0.15) is 31.2 Å². The summed E-state index contributed by atoms with van der Waals surface area (Å²) < 4.78 is 0. The third-order valence-corrected chi connectivity index (χ3v) is 3.66. The molecule has 0 unspecified atom stereocenters. The monoisotopic (exact) mass is 302 g/mol. The number of carbonyl (C=O) groups excluding carboxylic acids is 1. The average molecular weight is 303 g/mol. The van der Waals surface area contributed by atoms with Gasteiger partial charge in [0.25, 0.3) is 0 Å². The van der Waals surface area contributed by atoms with E-state index in [0.717, 1.165) is 24.8 Å². The molecule has 0 saturated carbocycles. The van der Waals surface area contributed by atoms with E-state index in [1.165, 1.54) is 0 Å². The van der Waals surface area contributed by atoms with E-state index < -0.39 is 0 Å². The molecule has 0 radical (unpaired) electrons. The Hall–Kier alpha value is -0.770. The number of hydrogen-bond acceptors (Lipinski definition) is 2. The number of rotatable bonds is 7. The molecule has 0 aliphatic rings. The summed E-state index contributed by atoms with van der Waals surface area (Å²) >= 11 is 11.8. The Balaban J connectivity index is 2.42. The van der Waals surface area contributed by atoms with Crippen LogP contribution < -0.4 is 5.73 Å². The molecule has 0 bridgehead atoms. The molecule has 0 aromatic heterocycles. The zero-order valence-corrected chi connectivity index (χ0v) is 12.7. The molecule has 19 heavy (non-hydrogen) atoms. The van der Waals surface area contributed by atoms with Crippen LogP contribution in [0.4, 0.5) is 0 Å². The third-order valence-electron chi connectivity index (χ3n) is 2.92. The summed E-state index contributed by atoms with van der Waals surface area (Å²) in [5.41, 5.74) is 6.39. The van der Waals surface area contributed by atoms with Gasteiger partial charge < -0.3 is 10.6 Å². The van der Waals surface area contributed by atoms with Crippen molar-refractivity contribution in [3.05, 3.63) is 33.8 Å². The molecule has 0 fully saturated rings. The fraction of sp³-hybridized carbons (Fsp3) is 0.500. The Kier molecular flexibility index (Phi) is 7.21. The molecular weight excluding hydrogens is 283 g/mol. The molecule has 1 aromatic rings. The van der Waals surface area contributed by atoms with Gasteiger partial charge in [-0.1, -0.05) is 35.7 Å². The maximum absolute atomic E-state index is 11.9. The number of halogens is 2. The van der Waals surface area contributed by atoms with Gasteiger partial charge in [0.15, 0.2) is 0 Å². The van der Waals surface area contributed by atoms with Crippen molar-refractivity contribution in [3.8, 4) is 0 Å². The maximum atomic E-state index is 11.9. The number of hydrogen-bond donors (Lipinski definition) is 1. The molecule has 106 valence electrons. The summed E-state index contributed by atoms with van der Waals surface area (Å²) in [6.07, 6.45) is 3.44. The second kappa shape index (κ2) is 8.41. The first kappa shape index (κ1) is 16.3. The standard InChI is InChI=1S/C14H20Cl2N2O/c1-18(14(19)5-3-2-4-8-17)10-11-6-7-12(15)13(16)9-11/h6-7,9H,2-5,8,10,17H2,1H3. The van der Waals surface area contributed by atoms with Crippen molar-refractivity contribution in [2.45, 2.75) is 32.2 Å². The molecule has 1 aromatic carbocycles. The second-order valence-electron chi connectivity index (χ2n) is 4.60. The summed E-state index contributed by atoms with van der Waals surface area (Å²) in [5, 5.41) is 1.05. The van der Waals surface area contributed by atoms with Crippen molar-refractivity contribution in [1.29, 1.82) is 0 Å². The quantitative estimate of drug-likeness (QED) is 0.784. The van der Waals surface area contributed by atoms with Gasteiger partial charge in [0.05, 0.1) is 10.0 Å². The lowest BCUT2D eigenvalue weighted by molar-refractivity contribution is -0.130. The van der Waals surface area contributed by atoms with Crippen molar-refractivity contribution in [3.63, 3.8) is 0 Å². The molecule has 0 saturated heterocycles. The zero-order chi connectivity index (χ0) is 14.3. The van der Waals surface area contributed by atoms with Gasteiger partial charge in [-0.2, -0.15) is 0 Å². The van der Waals surface area contributed by atoms with Crippen LogP contribution in [0.15, 0.2) is 18.2 Å². The first-order valence-electron chi connectivity index (χ1n) is 6.42. The lowest BCUT2D eigenvalue weighted by Gasteiger charge is -2.17. The minimum absolute atomic E-state index is 0.142. The van der Waals surface area contributed by atoms with Crippen LogP contribution in [-0.2, 0) is 11.3 Å². The predicted octanol–water partition coefficient (Wildman–Crippen LogP) is 3.47. The highest BCUT2D eigenvalue weighted by Gasteiger charge is 2.09. The Labute approximate surface area is 124 Å². The van der Waals surface area contributed by atoms with Gasteiger partial charge in [0.1, 0.15) is 0 Å². The van der Waals surface area contributed by atoms with Gasteiger partial charge in [0.2, 0.25) is 5.91 Å². The Morgan fingerprint density at radius 1 is 1.21 bits per heavy atom. The number of nitrogens with two attached hydrogens (primary N) is 1. The van der Waals surface area contributed by atoms with Crippen LogP contribution in [0.25, 0.3) is 0 Å². The van der Waals surface area contributed by atoms with E-state index in [4.69, 9.17) is 28.9 Å². The Bertz CT molecular complexity index is 424. The van der Waals surface area contributed by atoms with Crippen LogP contribution in [0.5, 0.6) is 0 Å². The number of unbranched alkanes of at least 4 members (excludes halogenated alkanes) is 2. The third kappa shape index (κ3) is 5.81. The van der Waals surface area contributed by atoms with Crippen molar-refractivity contribution in [2.24, 2.45) is 5.73 Å². The highest BCUT2D eigenvalue weighted by Crippen LogP contribution is 2.23. The number of benzene rings is 1. The van der Waals surface area contributed by atoms with Gasteiger partial charge in [-0.3, -0.25) is 4.79 Å². The van der Waals surface area contributed by atoms with Crippen molar-refractivity contribution >= 4 is 29.1 Å². The molecule has 0 atom stereocenters.